The van der Waals surface area contributed by atoms with Gasteiger partial charge in [0.05, 0.1) is 17.1 Å². The maximum Gasteiger partial charge on any atom is 0.416 e. The molecule has 212 valence electrons. The zero-order valence-electron chi connectivity index (χ0n) is 21.7. The van der Waals surface area contributed by atoms with Crippen molar-refractivity contribution in [3.63, 3.8) is 0 Å². The topological polar surface area (TPSA) is 91.9 Å². The Bertz CT molecular complexity index is 1380. The van der Waals surface area contributed by atoms with E-state index in [4.69, 9.17) is 21.1 Å². The molecule has 2 aromatic carbocycles. The minimum absolute atomic E-state index is 0.0265. The summed E-state index contributed by atoms with van der Waals surface area (Å²) < 4.78 is 53.4. The van der Waals surface area contributed by atoms with E-state index < -0.39 is 17.6 Å². The molecule has 2 aliphatic rings. The van der Waals surface area contributed by atoms with Crippen molar-refractivity contribution in [1.82, 2.24) is 19.8 Å². The number of carbonyl (C=O) groups excluding carboxylic acids is 1. The Balaban J connectivity index is 1.32. The van der Waals surface area contributed by atoms with Gasteiger partial charge in [0, 0.05) is 44.0 Å². The van der Waals surface area contributed by atoms with Crippen LogP contribution in [-0.4, -0.2) is 71.6 Å². The number of nitrogens with zero attached hydrogens (tertiary/aromatic N) is 4. The Morgan fingerprint density at radius 1 is 1.12 bits per heavy atom. The molecule has 0 aliphatic carbocycles. The zero-order valence-corrected chi connectivity index (χ0v) is 22.5. The van der Waals surface area contributed by atoms with Crippen LogP contribution in [-0.2, 0) is 12.7 Å². The molecule has 0 unspecified atom stereocenters. The van der Waals surface area contributed by atoms with Gasteiger partial charge in [-0.15, -0.1) is 0 Å². The molecule has 0 atom stereocenters. The van der Waals surface area contributed by atoms with Gasteiger partial charge >= 0.3 is 6.18 Å². The lowest BCUT2D eigenvalue weighted by molar-refractivity contribution is -0.138. The Morgan fingerprint density at radius 2 is 1.90 bits per heavy atom. The minimum atomic E-state index is -4.57. The van der Waals surface area contributed by atoms with E-state index in [1.165, 1.54) is 36.7 Å². The molecule has 0 saturated carbocycles. The highest BCUT2D eigenvalue weighted by Crippen LogP contribution is 2.39. The van der Waals surface area contributed by atoms with Gasteiger partial charge in [0.1, 0.15) is 18.7 Å². The molecule has 0 spiro atoms. The van der Waals surface area contributed by atoms with Gasteiger partial charge in [-0.2, -0.15) is 18.2 Å². The highest BCUT2D eigenvalue weighted by molar-refractivity contribution is 6.32. The van der Waals surface area contributed by atoms with Crippen LogP contribution in [0.25, 0.3) is 0 Å². The minimum Gasteiger partial charge on any atom is -0.483 e. The molecule has 1 amide bonds. The van der Waals surface area contributed by atoms with E-state index in [-0.39, 0.29) is 40.0 Å². The second-order valence-electron chi connectivity index (χ2n) is 9.41. The number of benzene rings is 2. The van der Waals surface area contributed by atoms with Gasteiger partial charge in [-0.3, -0.25) is 9.69 Å². The summed E-state index contributed by atoms with van der Waals surface area (Å²) >= 11 is 6.29. The number of likely N-dealkylation sites (N-methyl/N-ethyl adjacent to an activating group) is 1. The van der Waals surface area contributed by atoms with Crippen molar-refractivity contribution in [2.75, 3.05) is 56.5 Å². The van der Waals surface area contributed by atoms with E-state index in [1.807, 2.05) is 4.90 Å². The van der Waals surface area contributed by atoms with E-state index in [9.17, 15) is 18.0 Å². The molecule has 0 radical (unpaired) electrons. The predicted molar refractivity (Wildman–Crippen MR) is 144 cm³/mol. The van der Waals surface area contributed by atoms with Crippen molar-refractivity contribution in [3.05, 3.63) is 64.4 Å². The average molecular weight is 577 g/mol. The number of aromatic nitrogens is 2. The number of halogens is 4. The van der Waals surface area contributed by atoms with Gasteiger partial charge in [-0.25, -0.2) is 4.98 Å². The van der Waals surface area contributed by atoms with Crippen LogP contribution in [0.1, 0.15) is 28.4 Å². The van der Waals surface area contributed by atoms with Crippen LogP contribution in [0, 0.1) is 0 Å². The van der Waals surface area contributed by atoms with E-state index in [0.29, 0.717) is 37.8 Å². The third-order valence-electron chi connectivity index (χ3n) is 6.79. The van der Waals surface area contributed by atoms with E-state index in [1.54, 1.807) is 0 Å². The fourth-order valence-corrected chi connectivity index (χ4v) is 4.76. The summed E-state index contributed by atoms with van der Waals surface area (Å²) in [6.07, 6.45) is -3.27. The average Bonchev–Trinajstić information content (AvgIpc) is 2.95. The summed E-state index contributed by atoms with van der Waals surface area (Å²) in [7, 11) is 0. The molecular weight excluding hydrogens is 549 g/mol. The van der Waals surface area contributed by atoms with Crippen molar-refractivity contribution in [2.45, 2.75) is 19.6 Å². The number of hydrogen-bond acceptors (Lipinski definition) is 8. The van der Waals surface area contributed by atoms with E-state index in [2.05, 4.69) is 32.4 Å². The lowest BCUT2D eigenvalue weighted by Crippen LogP contribution is -2.45. The normalized spacial score (nSPS) is 16.0. The van der Waals surface area contributed by atoms with Gasteiger partial charge < -0.3 is 25.0 Å². The first-order valence-corrected chi connectivity index (χ1v) is 13.2. The number of fused-ring (bicyclic) bond motifs is 1. The quantitative estimate of drug-likeness (QED) is 0.400. The summed E-state index contributed by atoms with van der Waals surface area (Å²) in [4.78, 5) is 25.5. The largest absolute Gasteiger partial charge is 0.483 e. The van der Waals surface area contributed by atoms with Crippen LogP contribution in [0.4, 0.5) is 24.7 Å². The molecule has 13 heteroatoms. The number of amides is 1. The van der Waals surface area contributed by atoms with Crippen LogP contribution >= 0.6 is 11.6 Å². The summed E-state index contributed by atoms with van der Waals surface area (Å²) in [5.41, 5.74) is -0.445. The molecule has 0 bridgehead atoms. The third kappa shape index (κ3) is 6.40. The van der Waals surface area contributed by atoms with Crippen LogP contribution in [0.2, 0.25) is 5.02 Å². The van der Waals surface area contributed by atoms with E-state index in [0.717, 1.165) is 25.7 Å². The molecule has 2 N–H and O–H groups in total. The molecule has 1 aromatic heterocycles. The number of ether oxygens (including phenoxy) is 2. The molecule has 9 nitrogen and oxygen atoms in total. The van der Waals surface area contributed by atoms with Crippen LogP contribution in [0.15, 0.2) is 42.7 Å². The SMILES string of the molecule is CCN1CCN(Cc2ccc(NC(=O)c3ccc(Cl)c(Oc4ncnc5c4OCCN5)c3)cc2C(F)(F)F)CC1. The summed E-state index contributed by atoms with van der Waals surface area (Å²) in [6.45, 7) is 7.19. The molecule has 5 rings (SSSR count). The molecule has 2 aliphatic heterocycles. The number of alkyl halides is 3. The lowest BCUT2D eigenvalue weighted by Gasteiger charge is -2.34. The highest BCUT2D eigenvalue weighted by Gasteiger charge is 2.34. The number of piperazine rings is 1. The smallest absolute Gasteiger partial charge is 0.416 e. The number of anilines is 2. The molecule has 40 heavy (non-hydrogen) atoms. The van der Waals surface area contributed by atoms with Gasteiger partial charge in [-0.05, 0) is 42.4 Å². The van der Waals surface area contributed by atoms with Crippen molar-refractivity contribution >= 4 is 29.0 Å². The van der Waals surface area contributed by atoms with Crippen LogP contribution < -0.4 is 20.1 Å². The second-order valence-corrected chi connectivity index (χ2v) is 9.82. The van der Waals surface area contributed by atoms with Crippen molar-refractivity contribution < 1.29 is 27.4 Å². The van der Waals surface area contributed by atoms with Gasteiger partial charge in [0.25, 0.3) is 11.8 Å². The fraction of sp³-hybridized carbons (Fsp3) is 0.370. The molecular formula is C27H28ClF3N6O3. The lowest BCUT2D eigenvalue weighted by atomic mass is 10.0. The highest BCUT2D eigenvalue weighted by atomic mass is 35.5. The molecule has 1 saturated heterocycles. The first kappa shape index (κ1) is 27.9. The molecule has 3 aromatic rings. The van der Waals surface area contributed by atoms with Crippen LogP contribution in [0.3, 0.4) is 0 Å². The van der Waals surface area contributed by atoms with Crippen molar-refractivity contribution in [1.29, 1.82) is 0 Å². The Hall–Kier alpha value is -3.61. The number of carbonyl (C=O) groups is 1. The standard InChI is InChI=1S/C27H28ClF3N6O3/c1-2-36-8-10-37(11-9-36)15-18-3-5-19(14-20(18)27(29,30)31)35-25(38)17-4-6-21(28)22(13-17)40-26-23-24(33-16-34-26)32-7-12-39-23/h3-6,13-14,16H,2,7-12,15H2,1H3,(H,35,38)(H,32,33,34). The first-order valence-electron chi connectivity index (χ1n) is 12.9. The first-order chi connectivity index (χ1) is 19.2. The number of hydrogen-bond donors (Lipinski definition) is 2. The summed E-state index contributed by atoms with van der Waals surface area (Å²) in [5.74, 6) is 0.387. The van der Waals surface area contributed by atoms with Crippen molar-refractivity contribution in [2.24, 2.45) is 0 Å². The third-order valence-corrected chi connectivity index (χ3v) is 7.10. The van der Waals surface area contributed by atoms with E-state index >= 15 is 0 Å². The van der Waals surface area contributed by atoms with Crippen LogP contribution in [0.5, 0.6) is 17.4 Å². The number of nitrogens with one attached hydrogen (secondary N) is 2. The summed E-state index contributed by atoms with van der Waals surface area (Å²) in [6, 6.07) is 8.18. The molecule has 1 fully saturated rings. The Kier molecular flexibility index (Phi) is 8.29. The number of rotatable bonds is 7. The predicted octanol–water partition coefficient (Wildman–Crippen LogP) is 5.14. The van der Waals surface area contributed by atoms with Gasteiger partial charge in [0.15, 0.2) is 5.82 Å². The fourth-order valence-electron chi connectivity index (χ4n) is 4.60. The maximum absolute atomic E-state index is 14.0. The maximum atomic E-state index is 14.0. The Morgan fingerprint density at radius 3 is 2.65 bits per heavy atom. The van der Waals surface area contributed by atoms with Gasteiger partial charge in [0.2, 0.25) is 5.75 Å². The monoisotopic (exact) mass is 576 g/mol. The van der Waals surface area contributed by atoms with Crippen molar-refractivity contribution in [3.8, 4) is 17.4 Å². The van der Waals surface area contributed by atoms with Gasteiger partial charge in [-0.1, -0.05) is 24.6 Å². The summed E-state index contributed by atoms with van der Waals surface area (Å²) in [5, 5.41) is 5.83. The molecule has 3 heterocycles. The second kappa shape index (κ2) is 11.9. The Labute approximate surface area is 234 Å². The zero-order chi connectivity index (χ0) is 28.3.